The van der Waals surface area contributed by atoms with Gasteiger partial charge in [-0.15, -0.1) is 11.8 Å². The fraction of sp³-hybridized carbons (Fsp3) is 0.316. The van der Waals surface area contributed by atoms with E-state index in [1.807, 2.05) is 43.3 Å². The second kappa shape index (κ2) is 7.95. The third kappa shape index (κ3) is 4.46. The molecule has 2 aromatic carbocycles. The molecule has 1 heterocycles. The maximum absolute atomic E-state index is 12.4. The molecular formula is C19H21ClN2OS. The Bertz CT molecular complexity index is 682. The predicted octanol–water partition coefficient (Wildman–Crippen LogP) is 5.06. The van der Waals surface area contributed by atoms with Crippen LogP contribution in [-0.4, -0.2) is 24.2 Å². The van der Waals surface area contributed by atoms with Gasteiger partial charge in [0.15, 0.2) is 0 Å². The first-order valence-electron chi connectivity index (χ1n) is 8.20. The number of nitrogens with one attached hydrogen (secondary N) is 1. The highest BCUT2D eigenvalue weighted by Gasteiger charge is 2.15. The number of hydrogen-bond acceptors (Lipinski definition) is 3. The zero-order valence-corrected chi connectivity index (χ0v) is 15.2. The second-order valence-corrected chi connectivity index (χ2v) is 7.79. The van der Waals surface area contributed by atoms with Gasteiger partial charge in [0.2, 0.25) is 5.91 Å². The van der Waals surface area contributed by atoms with Crippen LogP contribution in [0.2, 0.25) is 5.02 Å². The van der Waals surface area contributed by atoms with Crippen molar-refractivity contribution in [3.05, 3.63) is 53.6 Å². The van der Waals surface area contributed by atoms with Gasteiger partial charge in [0.05, 0.1) is 5.25 Å². The molecule has 24 heavy (non-hydrogen) atoms. The van der Waals surface area contributed by atoms with Crippen LogP contribution in [0, 0.1) is 0 Å². The molecule has 3 nitrogen and oxygen atoms in total. The normalized spacial score (nSPS) is 15.3. The van der Waals surface area contributed by atoms with Crippen molar-refractivity contribution in [2.45, 2.75) is 29.9 Å². The molecule has 0 radical (unpaired) electrons. The first-order chi connectivity index (χ1) is 11.6. The SMILES string of the molecule is C[C@@H](Sc1ccc(Cl)cc1)C(=O)Nc1ccc(N2CCCC2)cc1. The number of thioether (sulfide) groups is 1. The molecule has 0 unspecified atom stereocenters. The lowest BCUT2D eigenvalue weighted by Gasteiger charge is -2.18. The number of hydrogen-bond donors (Lipinski definition) is 1. The Morgan fingerprint density at radius 3 is 2.33 bits per heavy atom. The summed E-state index contributed by atoms with van der Waals surface area (Å²) in [5.74, 6) is 0.00359. The molecule has 0 aromatic heterocycles. The van der Waals surface area contributed by atoms with Crippen LogP contribution in [0.5, 0.6) is 0 Å². The summed E-state index contributed by atoms with van der Waals surface area (Å²) in [4.78, 5) is 15.8. The summed E-state index contributed by atoms with van der Waals surface area (Å²) >= 11 is 7.41. The van der Waals surface area contributed by atoms with E-state index >= 15 is 0 Å². The lowest BCUT2D eigenvalue weighted by Crippen LogP contribution is -2.22. The Balaban J connectivity index is 1.56. The van der Waals surface area contributed by atoms with E-state index in [0.717, 1.165) is 23.7 Å². The van der Waals surface area contributed by atoms with E-state index in [-0.39, 0.29) is 11.2 Å². The Morgan fingerprint density at radius 2 is 1.71 bits per heavy atom. The zero-order valence-electron chi connectivity index (χ0n) is 13.7. The molecule has 126 valence electrons. The zero-order chi connectivity index (χ0) is 16.9. The minimum absolute atomic E-state index is 0.00359. The van der Waals surface area contributed by atoms with Crippen LogP contribution >= 0.6 is 23.4 Å². The standard InChI is InChI=1S/C19H21ClN2OS/c1-14(24-18-10-4-15(20)5-11-18)19(23)21-16-6-8-17(9-7-16)22-12-2-3-13-22/h4-11,14H,2-3,12-13H2,1H3,(H,21,23)/t14-/m1/s1. The third-order valence-electron chi connectivity index (χ3n) is 4.10. The van der Waals surface area contributed by atoms with Crippen molar-refractivity contribution in [1.82, 2.24) is 0 Å². The van der Waals surface area contributed by atoms with Gasteiger partial charge >= 0.3 is 0 Å². The van der Waals surface area contributed by atoms with Crippen molar-refractivity contribution in [2.75, 3.05) is 23.3 Å². The van der Waals surface area contributed by atoms with Gasteiger partial charge in [-0.3, -0.25) is 4.79 Å². The van der Waals surface area contributed by atoms with Gasteiger partial charge in [-0.05, 0) is 68.3 Å². The van der Waals surface area contributed by atoms with E-state index < -0.39 is 0 Å². The molecule has 1 aliphatic heterocycles. The highest BCUT2D eigenvalue weighted by molar-refractivity contribution is 8.00. The van der Waals surface area contributed by atoms with Gasteiger partial charge in [-0.1, -0.05) is 11.6 Å². The maximum atomic E-state index is 12.4. The average Bonchev–Trinajstić information content (AvgIpc) is 3.12. The van der Waals surface area contributed by atoms with Crippen molar-refractivity contribution in [3.63, 3.8) is 0 Å². The van der Waals surface area contributed by atoms with Gasteiger partial charge in [-0.25, -0.2) is 0 Å². The number of benzene rings is 2. The van der Waals surface area contributed by atoms with E-state index in [2.05, 4.69) is 22.3 Å². The first kappa shape index (κ1) is 17.2. The Kier molecular flexibility index (Phi) is 5.69. The van der Waals surface area contributed by atoms with Gasteiger partial charge in [-0.2, -0.15) is 0 Å². The van der Waals surface area contributed by atoms with Gasteiger partial charge in [0.25, 0.3) is 0 Å². The number of halogens is 1. The molecule has 1 aliphatic rings. The average molecular weight is 361 g/mol. The summed E-state index contributed by atoms with van der Waals surface area (Å²) in [5.41, 5.74) is 2.07. The van der Waals surface area contributed by atoms with E-state index in [4.69, 9.17) is 11.6 Å². The lowest BCUT2D eigenvalue weighted by atomic mass is 10.2. The summed E-state index contributed by atoms with van der Waals surface area (Å²) in [6, 6.07) is 15.7. The van der Waals surface area contributed by atoms with Gasteiger partial charge in [0.1, 0.15) is 0 Å². The van der Waals surface area contributed by atoms with Crippen LogP contribution in [-0.2, 0) is 4.79 Å². The van der Waals surface area contributed by atoms with Crippen LogP contribution in [0.25, 0.3) is 0 Å². The summed E-state index contributed by atoms with van der Waals surface area (Å²) in [5, 5.41) is 3.51. The van der Waals surface area contributed by atoms with Crippen LogP contribution < -0.4 is 10.2 Å². The first-order valence-corrected chi connectivity index (χ1v) is 9.46. The van der Waals surface area contributed by atoms with Crippen LogP contribution in [0.1, 0.15) is 19.8 Å². The summed E-state index contributed by atoms with van der Waals surface area (Å²) in [6.45, 7) is 4.16. The van der Waals surface area contributed by atoms with E-state index in [9.17, 15) is 4.79 Å². The quantitative estimate of drug-likeness (QED) is 0.756. The molecule has 0 bridgehead atoms. The highest BCUT2D eigenvalue weighted by atomic mass is 35.5. The number of nitrogens with zero attached hydrogens (tertiary/aromatic N) is 1. The topological polar surface area (TPSA) is 32.3 Å². The largest absolute Gasteiger partial charge is 0.372 e. The fourth-order valence-corrected chi connectivity index (χ4v) is 3.74. The number of rotatable bonds is 5. The third-order valence-corrected chi connectivity index (χ3v) is 5.47. The van der Waals surface area contributed by atoms with E-state index in [0.29, 0.717) is 5.02 Å². The molecule has 5 heteroatoms. The van der Waals surface area contributed by atoms with Crippen molar-refractivity contribution in [1.29, 1.82) is 0 Å². The molecule has 1 fully saturated rings. The van der Waals surface area contributed by atoms with Gasteiger partial charge in [0, 0.05) is 34.4 Å². The Morgan fingerprint density at radius 1 is 1.08 bits per heavy atom. The number of carbonyl (C=O) groups excluding carboxylic acids is 1. The van der Waals surface area contributed by atoms with Crippen molar-refractivity contribution in [3.8, 4) is 0 Å². The number of anilines is 2. The van der Waals surface area contributed by atoms with E-state index in [1.54, 1.807) is 0 Å². The minimum Gasteiger partial charge on any atom is -0.372 e. The molecule has 1 N–H and O–H groups in total. The monoisotopic (exact) mass is 360 g/mol. The van der Waals surface area contributed by atoms with Crippen LogP contribution in [0.4, 0.5) is 11.4 Å². The van der Waals surface area contributed by atoms with Crippen molar-refractivity contribution >= 4 is 40.6 Å². The van der Waals surface area contributed by atoms with Crippen LogP contribution in [0.3, 0.4) is 0 Å². The molecule has 0 saturated carbocycles. The molecule has 1 atom stereocenters. The molecule has 2 aromatic rings. The molecular weight excluding hydrogens is 340 g/mol. The second-order valence-electron chi connectivity index (χ2n) is 5.94. The molecule has 1 saturated heterocycles. The minimum atomic E-state index is -0.176. The molecule has 0 spiro atoms. The maximum Gasteiger partial charge on any atom is 0.237 e. The predicted molar refractivity (Wildman–Crippen MR) is 103 cm³/mol. The van der Waals surface area contributed by atoms with Crippen molar-refractivity contribution in [2.24, 2.45) is 0 Å². The smallest absolute Gasteiger partial charge is 0.237 e. The Labute approximate surface area is 152 Å². The highest BCUT2D eigenvalue weighted by Crippen LogP contribution is 2.26. The summed E-state index contributed by atoms with van der Waals surface area (Å²) in [7, 11) is 0. The summed E-state index contributed by atoms with van der Waals surface area (Å²) < 4.78 is 0. The van der Waals surface area contributed by atoms with Crippen LogP contribution in [0.15, 0.2) is 53.4 Å². The molecule has 3 rings (SSSR count). The number of amides is 1. The molecule has 0 aliphatic carbocycles. The Hall–Kier alpha value is -1.65. The van der Waals surface area contributed by atoms with E-state index in [1.165, 1.54) is 30.3 Å². The fourth-order valence-electron chi connectivity index (χ4n) is 2.75. The number of carbonyl (C=O) groups is 1. The molecule has 1 amide bonds. The summed E-state index contributed by atoms with van der Waals surface area (Å²) in [6.07, 6.45) is 2.52. The van der Waals surface area contributed by atoms with Crippen molar-refractivity contribution < 1.29 is 4.79 Å². The van der Waals surface area contributed by atoms with Gasteiger partial charge < -0.3 is 10.2 Å². The lowest BCUT2D eigenvalue weighted by molar-refractivity contribution is -0.115.